The van der Waals surface area contributed by atoms with Crippen LogP contribution in [0.4, 0.5) is 5.69 Å². The number of benzene rings is 1. The van der Waals surface area contributed by atoms with E-state index in [1.807, 2.05) is 17.0 Å². The Bertz CT molecular complexity index is 488. The molecule has 1 fully saturated rings. The standard InChI is InChI=1S/C15H20N2O3/c1-20-15(19)12-5-2-6-13(11-12)16-8-4-10-17-9-3-7-14(17)18/h2,5-6,11,16H,3-4,7-10H2,1H3. The van der Waals surface area contributed by atoms with Gasteiger partial charge in [-0.15, -0.1) is 0 Å². The number of likely N-dealkylation sites (tertiary alicyclic amines) is 1. The highest BCUT2D eigenvalue weighted by atomic mass is 16.5. The van der Waals surface area contributed by atoms with Crippen LogP contribution in [0.25, 0.3) is 0 Å². The van der Waals surface area contributed by atoms with Crippen LogP contribution in [-0.4, -0.2) is 43.5 Å². The summed E-state index contributed by atoms with van der Waals surface area (Å²) >= 11 is 0. The Morgan fingerprint density at radius 1 is 1.45 bits per heavy atom. The smallest absolute Gasteiger partial charge is 0.337 e. The predicted molar refractivity (Wildman–Crippen MR) is 76.7 cm³/mol. The van der Waals surface area contributed by atoms with E-state index in [2.05, 4.69) is 10.1 Å². The first-order valence-electron chi connectivity index (χ1n) is 6.91. The summed E-state index contributed by atoms with van der Waals surface area (Å²) in [5.74, 6) is -0.0750. The van der Waals surface area contributed by atoms with Gasteiger partial charge in [-0.25, -0.2) is 4.79 Å². The second-order valence-corrected chi connectivity index (χ2v) is 4.84. The van der Waals surface area contributed by atoms with Crippen LogP contribution in [0, 0.1) is 0 Å². The molecule has 0 saturated carbocycles. The fourth-order valence-corrected chi connectivity index (χ4v) is 2.32. The van der Waals surface area contributed by atoms with Gasteiger partial charge in [-0.2, -0.15) is 0 Å². The quantitative estimate of drug-likeness (QED) is 0.637. The molecule has 108 valence electrons. The number of rotatable bonds is 6. The van der Waals surface area contributed by atoms with Crippen molar-refractivity contribution in [3.63, 3.8) is 0 Å². The van der Waals surface area contributed by atoms with Gasteiger partial charge < -0.3 is 15.0 Å². The van der Waals surface area contributed by atoms with E-state index in [1.54, 1.807) is 12.1 Å². The van der Waals surface area contributed by atoms with Crippen molar-refractivity contribution in [2.75, 3.05) is 32.1 Å². The highest BCUT2D eigenvalue weighted by Gasteiger charge is 2.18. The molecule has 2 rings (SSSR count). The number of methoxy groups -OCH3 is 1. The number of nitrogens with one attached hydrogen (secondary N) is 1. The zero-order chi connectivity index (χ0) is 14.4. The van der Waals surface area contributed by atoms with Gasteiger partial charge in [0.1, 0.15) is 0 Å². The lowest BCUT2D eigenvalue weighted by molar-refractivity contribution is -0.127. The summed E-state index contributed by atoms with van der Waals surface area (Å²) in [6, 6.07) is 7.22. The number of hydrogen-bond acceptors (Lipinski definition) is 4. The lowest BCUT2D eigenvalue weighted by Gasteiger charge is -2.15. The molecule has 1 aromatic carbocycles. The van der Waals surface area contributed by atoms with Crippen LogP contribution >= 0.6 is 0 Å². The SMILES string of the molecule is COC(=O)c1cccc(NCCCN2CCCC2=O)c1. The van der Waals surface area contributed by atoms with Gasteiger partial charge in [0.15, 0.2) is 0 Å². The van der Waals surface area contributed by atoms with E-state index in [1.165, 1.54) is 7.11 Å². The summed E-state index contributed by atoms with van der Waals surface area (Å²) in [7, 11) is 1.37. The number of carbonyl (C=O) groups excluding carboxylic acids is 2. The van der Waals surface area contributed by atoms with Crippen molar-refractivity contribution in [1.29, 1.82) is 0 Å². The molecule has 1 N–H and O–H groups in total. The second-order valence-electron chi connectivity index (χ2n) is 4.84. The van der Waals surface area contributed by atoms with E-state index in [0.29, 0.717) is 12.0 Å². The van der Waals surface area contributed by atoms with Crippen LogP contribution < -0.4 is 5.32 Å². The molecule has 0 aromatic heterocycles. The average molecular weight is 276 g/mol. The Morgan fingerprint density at radius 3 is 3.00 bits per heavy atom. The average Bonchev–Trinajstić information content (AvgIpc) is 2.88. The number of hydrogen-bond donors (Lipinski definition) is 1. The molecule has 1 aliphatic heterocycles. The highest BCUT2D eigenvalue weighted by Crippen LogP contribution is 2.12. The highest BCUT2D eigenvalue weighted by molar-refractivity contribution is 5.90. The first-order valence-corrected chi connectivity index (χ1v) is 6.91. The summed E-state index contributed by atoms with van der Waals surface area (Å²) in [5.41, 5.74) is 1.42. The van der Waals surface area contributed by atoms with Crippen LogP contribution in [0.2, 0.25) is 0 Å². The molecule has 5 heteroatoms. The molecule has 0 aliphatic carbocycles. The summed E-state index contributed by atoms with van der Waals surface area (Å²) in [4.78, 5) is 24.8. The number of amides is 1. The Kier molecular flexibility index (Phi) is 4.98. The van der Waals surface area contributed by atoms with Gasteiger partial charge in [-0.05, 0) is 31.0 Å². The Labute approximate surface area is 118 Å². The van der Waals surface area contributed by atoms with Crippen molar-refractivity contribution in [3.05, 3.63) is 29.8 Å². The Morgan fingerprint density at radius 2 is 2.30 bits per heavy atom. The molecular weight excluding hydrogens is 256 g/mol. The van der Waals surface area contributed by atoms with Crippen LogP contribution in [0.15, 0.2) is 24.3 Å². The third-order valence-electron chi connectivity index (χ3n) is 3.39. The van der Waals surface area contributed by atoms with Crippen molar-refractivity contribution in [3.8, 4) is 0 Å². The largest absolute Gasteiger partial charge is 0.465 e. The zero-order valence-electron chi connectivity index (χ0n) is 11.7. The van der Waals surface area contributed by atoms with Gasteiger partial charge in [0.2, 0.25) is 5.91 Å². The summed E-state index contributed by atoms with van der Waals surface area (Å²) in [5, 5.41) is 3.26. The van der Waals surface area contributed by atoms with E-state index in [-0.39, 0.29) is 11.9 Å². The van der Waals surface area contributed by atoms with Crippen LogP contribution in [0.5, 0.6) is 0 Å². The fraction of sp³-hybridized carbons (Fsp3) is 0.467. The van der Waals surface area contributed by atoms with Crippen molar-refractivity contribution >= 4 is 17.6 Å². The number of esters is 1. The molecule has 1 aromatic rings. The van der Waals surface area contributed by atoms with Crippen molar-refractivity contribution in [2.45, 2.75) is 19.3 Å². The van der Waals surface area contributed by atoms with Gasteiger partial charge in [0, 0.05) is 31.7 Å². The second kappa shape index (κ2) is 6.93. The maximum absolute atomic E-state index is 11.4. The first-order chi connectivity index (χ1) is 9.70. The number of ether oxygens (including phenoxy) is 1. The number of carbonyl (C=O) groups is 2. The Hall–Kier alpha value is -2.04. The minimum absolute atomic E-state index is 0.262. The normalized spacial score (nSPS) is 14.4. The van der Waals surface area contributed by atoms with E-state index >= 15 is 0 Å². The molecule has 1 heterocycles. The van der Waals surface area contributed by atoms with Crippen molar-refractivity contribution in [1.82, 2.24) is 4.90 Å². The fourth-order valence-electron chi connectivity index (χ4n) is 2.32. The summed E-state index contributed by atoms with van der Waals surface area (Å²) in [6.07, 6.45) is 2.57. The molecule has 0 bridgehead atoms. The van der Waals surface area contributed by atoms with Crippen molar-refractivity contribution < 1.29 is 14.3 Å². The monoisotopic (exact) mass is 276 g/mol. The minimum atomic E-state index is -0.337. The van der Waals surface area contributed by atoms with Gasteiger partial charge in [-0.3, -0.25) is 4.79 Å². The molecule has 20 heavy (non-hydrogen) atoms. The number of nitrogens with zero attached hydrogens (tertiary/aromatic N) is 1. The third kappa shape index (κ3) is 3.73. The van der Waals surface area contributed by atoms with Crippen LogP contribution in [0.1, 0.15) is 29.6 Å². The zero-order valence-corrected chi connectivity index (χ0v) is 11.7. The molecular formula is C15H20N2O3. The maximum Gasteiger partial charge on any atom is 0.337 e. The molecule has 1 amide bonds. The molecule has 0 unspecified atom stereocenters. The molecule has 0 atom stereocenters. The summed E-state index contributed by atoms with van der Waals surface area (Å²) in [6.45, 7) is 2.45. The molecule has 0 spiro atoms. The lowest BCUT2D eigenvalue weighted by atomic mass is 10.2. The lowest BCUT2D eigenvalue weighted by Crippen LogP contribution is -2.26. The van der Waals surface area contributed by atoms with E-state index in [0.717, 1.165) is 38.2 Å². The molecule has 0 radical (unpaired) electrons. The van der Waals surface area contributed by atoms with Gasteiger partial charge in [0.25, 0.3) is 0 Å². The topological polar surface area (TPSA) is 58.6 Å². The van der Waals surface area contributed by atoms with Gasteiger partial charge >= 0.3 is 5.97 Å². The first kappa shape index (κ1) is 14.4. The predicted octanol–water partition coefficient (Wildman–Crippen LogP) is 1.90. The molecule has 1 saturated heterocycles. The van der Waals surface area contributed by atoms with E-state index in [4.69, 9.17) is 0 Å². The van der Waals surface area contributed by atoms with E-state index < -0.39 is 0 Å². The maximum atomic E-state index is 11.4. The number of anilines is 1. The summed E-state index contributed by atoms with van der Waals surface area (Å²) < 4.78 is 4.69. The molecule has 1 aliphatic rings. The van der Waals surface area contributed by atoms with E-state index in [9.17, 15) is 9.59 Å². The molecule has 5 nitrogen and oxygen atoms in total. The minimum Gasteiger partial charge on any atom is -0.465 e. The van der Waals surface area contributed by atoms with Crippen LogP contribution in [0.3, 0.4) is 0 Å². The third-order valence-corrected chi connectivity index (χ3v) is 3.39. The Balaban J connectivity index is 1.76. The van der Waals surface area contributed by atoms with Crippen molar-refractivity contribution in [2.24, 2.45) is 0 Å². The van der Waals surface area contributed by atoms with Gasteiger partial charge in [0.05, 0.1) is 12.7 Å². The van der Waals surface area contributed by atoms with Gasteiger partial charge in [-0.1, -0.05) is 6.07 Å². The van der Waals surface area contributed by atoms with Crippen LogP contribution in [-0.2, 0) is 9.53 Å².